The van der Waals surface area contributed by atoms with E-state index in [0.717, 1.165) is 6.92 Å². The number of hydrogen-bond donors (Lipinski definition) is 6. The van der Waals surface area contributed by atoms with Gasteiger partial charge in [-0.15, -0.1) is 0 Å². The van der Waals surface area contributed by atoms with Gasteiger partial charge in [0.25, 0.3) is 0 Å². The van der Waals surface area contributed by atoms with Crippen LogP contribution in [0.1, 0.15) is 19.8 Å². The third kappa shape index (κ3) is 4.87. The Morgan fingerprint density at radius 1 is 1.20 bits per heavy atom. The van der Waals surface area contributed by atoms with Crippen molar-refractivity contribution in [3.63, 3.8) is 0 Å². The van der Waals surface area contributed by atoms with Crippen molar-refractivity contribution >= 4 is 0 Å². The topological polar surface area (TPSA) is 133 Å². The van der Waals surface area contributed by atoms with Gasteiger partial charge < -0.3 is 31.9 Å². The molecule has 8 N–H and O–H groups in total. The first-order valence-electron chi connectivity index (χ1n) is 5.05. The van der Waals surface area contributed by atoms with Crippen LogP contribution in [0.25, 0.3) is 0 Å². The average Bonchev–Trinajstić information content (AvgIpc) is 2.14. The first-order chi connectivity index (χ1) is 6.84. The normalized spacial score (nSPS) is 18.6. The number of nitrogens with two attached hydrogens (primary N) is 2. The molecule has 0 saturated carbocycles. The molecule has 0 amide bonds. The molecule has 0 aliphatic rings. The maximum atomic E-state index is 9.66. The lowest BCUT2D eigenvalue weighted by molar-refractivity contribution is -0.233. The summed E-state index contributed by atoms with van der Waals surface area (Å²) in [4.78, 5) is 0. The van der Waals surface area contributed by atoms with Crippen LogP contribution in [0, 0.1) is 5.92 Å². The Balaban J connectivity index is 4.33. The maximum absolute atomic E-state index is 9.66. The van der Waals surface area contributed by atoms with Crippen LogP contribution in [-0.4, -0.2) is 51.5 Å². The SMILES string of the molecule is CC(O)(O)C(O)C(CN)C(O)CCCN. The molecule has 92 valence electrons. The molecular formula is C9H22N2O4. The van der Waals surface area contributed by atoms with E-state index in [0.29, 0.717) is 19.4 Å². The Labute approximate surface area is 89.5 Å². The highest BCUT2D eigenvalue weighted by Crippen LogP contribution is 2.20. The summed E-state index contributed by atoms with van der Waals surface area (Å²) in [6.45, 7) is 1.46. The molecule has 0 aliphatic heterocycles. The van der Waals surface area contributed by atoms with E-state index in [1.54, 1.807) is 0 Å². The van der Waals surface area contributed by atoms with Crippen LogP contribution in [0.3, 0.4) is 0 Å². The fourth-order valence-corrected chi connectivity index (χ4v) is 1.44. The first kappa shape index (κ1) is 14.8. The molecule has 0 saturated heterocycles. The van der Waals surface area contributed by atoms with Crippen LogP contribution >= 0.6 is 0 Å². The van der Waals surface area contributed by atoms with Gasteiger partial charge in [-0.3, -0.25) is 0 Å². The van der Waals surface area contributed by atoms with Gasteiger partial charge in [-0.2, -0.15) is 0 Å². The van der Waals surface area contributed by atoms with Gasteiger partial charge in [0.05, 0.1) is 6.10 Å². The lowest BCUT2D eigenvalue weighted by Gasteiger charge is -2.32. The van der Waals surface area contributed by atoms with Crippen molar-refractivity contribution in [1.82, 2.24) is 0 Å². The van der Waals surface area contributed by atoms with E-state index < -0.39 is 23.9 Å². The van der Waals surface area contributed by atoms with E-state index >= 15 is 0 Å². The summed E-state index contributed by atoms with van der Waals surface area (Å²) in [5.74, 6) is -3.02. The molecule has 0 aliphatic carbocycles. The summed E-state index contributed by atoms with van der Waals surface area (Å²) in [6, 6.07) is 0. The van der Waals surface area contributed by atoms with Crippen LogP contribution in [0.15, 0.2) is 0 Å². The van der Waals surface area contributed by atoms with Crippen LogP contribution in [-0.2, 0) is 0 Å². The highest BCUT2D eigenvalue weighted by atomic mass is 16.5. The van der Waals surface area contributed by atoms with E-state index in [9.17, 15) is 20.4 Å². The van der Waals surface area contributed by atoms with Gasteiger partial charge in [0.2, 0.25) is 0 Å². The van der Waals surface area contributed by atoms with E-state index in [4.69, 9.17) is 11.5 Å². The molecule has 3 unspecified atom stereocenters. The molecule has 0 fully saturated rings. The maximum Gasteiger partial charge on any atom is 0.186 e. The quantitative estimate of drug-likeness (QED) is 0.269. The molecule has 0 aromatic rings. The van der Waals surface area contributed by atoms with Crippen molar-refractivity contribution in [3.8, 4) is 0 Å². The van der Waals surface area contributed by atoms with Crippen LogP contribution in [0.4, 0.5) is 0 Å². The molecule has 0 bridgehead atoms. The third-order valence-corrected chi connectivity index (χ3v) is 2.44. The van der Waals surface area contributed by atoms with Gasteiger partial charge in [-0.25, -0.2) is 0 Å². The Morgan fingerprint density at radius 2 is 1.73 bits per heavy atom. The van der Waals surface area contributed by atoms with Crippen LogP contribution < -0.4 is 11.5 Å². The molecule has 6 heteroatoms. The molecule has 0 rings (SSSR count). The Morgan fingerprint density at radius 3 is 2.07 bits per heavy atom. The highest BCUT2D eigenvalue weighted by Gasteiger charge is 2.37. The minimum atomic E-state index is -2.26. The zero-order valence-corrected chi connectivity index (χ0v) is 9.00. The Hall–Kier alpha value is -0.240. The van der Waals surface area contributed by atoms with E-state index in [1.807, 2.05) is 0 Å². The molecule has 0 radical (unpaired) electrons. The van der Waals surface area contributed by atoms with Crippen LogP contribution in [0.2, 0.25) is 0 Å². The van der Waals surface area contributed by atoms with Crippen molar-refractivity contribution in [3.05, 3.63) is 0 Å². The molecule has 6 nitrogen and oxygen atoms in total. The summed E-state index contributed by atoms with van der Waals surface area (Å²) in [5, 5.41) is 37.6. The number of rotatable bonds is 7. The molecule has 0 spiro atoms. The van der Waals surface area contributed by atoms with Crippen molar-refractivity contribution in [1.29, 1.82) is 0 Å². The fourth-order valence-electron chi connectivity index (χ4n) is 1.44. The predicted molar refractivity (Wildman–Crippen MR) is 55.7 cm³/mol. The lowest BCUT2D eigenvalue weighted by atomic mass is 9.89. The minimum absolute atomic E-state index is 0.0242. The standard InChI is InChI=1S/C9H22N2O4/c1-9(14,15)8(13)6(5-11)7(12)3-2-4-10/h6-8,12-15H,2-5,10-11H2,1H3. The van der Waals surface area contributed by atoms with Crippen molar-refractivity contribution in [2.75, 3.05) is 13.1 Å². The van der Waals surface area contributed by atoms with Gasteiger partial charge in [-0.1, -0.05) is 0 Å². The molecule has 0 heterocycles. The molecule has 3 atom stereocenters. The van der Waals surface area contributed by atoms with Gasteiger partial charge in [0, 0.05) is 12.5 Å². The molecule has 0 aromatic carbocycles. The predicted octanol–water partition coefficient (Wildman–Crippen LogP) is -2.28. The minimum Gasteiger partial charge on any atom is -0.393 e. The van der Waals surface area contributed by atoms with E-state index in [2.05, 4.69) is 0 Å². The zero-order chi connectivity index (χ0) is 12.1. The Kier molecular flexibility index (Phi) is 6.26. The zero-order valence-electron chi connectivity index (χ0n) is 9.00. The summed E-state index contributed by atoms with van der Waals surface area (Å²) in [5.41, 5.74) is 10.6. The van der Waals surface area contributed by atoms with Crippen molar-refractivity contribution in [2.45, 2.75) is 37.8 Å². The second-order valence-electron chi connectivity index (χ2n) is 3.94. The number of aliphatic hydroxyl groups is 4. The molecule has 15 heavy (non-hydrogen) atoms. The van der Waals surface area contributed by atoms with E-state index in [1.165, 1.54) is 0 Å². The van der Waals surface area contributed by atoms with Crippen molar-refractivity contribution < 1.29 is 20.4 Å². The summed E-state index contributed by atoms with van der Waals surface area (Å²) < 4.78 is 0. The third-order valence-electron chi connectivity index (χ3n) is 2.44. The monoisotopic (exact) mass is 222 g/mol. The highest BCUT2D eigenvalue weighted by molar-refractivity contribution is 4.83. The average molecular weight is 222 g/mol. The first-order valence-corrected chi connectivity index (χ1v) is 5.05. The second-order valence-corrected chi connectivity index (χ2v) is 3.94. The van der Waals surface area contributed by atoms with Crippen molar-refractivity contribution in [2.24, 2.45) is 17.4 Å². The molecular weight excluding hydrogens is 200 g/mol. The van der Waals surface area contributed by atoms with Gasteiger partial charge >= 0.3 is 0 Å². The van der Waals surface area contributed by atoms with E-state index in [-0.39, 0.29) is 6.54 Å². The van der Waals surface area contributed by atoms with Gasteiger partial charge in [0.15, 0.2) is 5.79 Å². The largest absolute Gasteiger partial charge is 0.393 e. The molecule has 0 aromatic heterocycles. The Bertz CT molecular complexity index is 172. The summed E-state index contributed by atoms with van der Waals surface area (Å²) in [6.07, 6.45) is -1.38. The van der Waals surface area contributed by atoms with Crippen LogP contribution in [0.5, 0.6) is 0 Å². The summed E-state index contributed by atoms with van der Waals surface area (Å²) >= 11 is 0. The fraction of sp³-hybridized carbons (Fsp3) is 1.00. The summed E-state index contributed by atoms with van der Waals surface area (Å²) in [7, 11) is 0. The van der Waals surface area contributed by atoms with Gasteiger partial charge in [0.1, 0.15) is 6.10 Å². The smallest absolute Gasteiger partial charge is 0.186 e. The lowest BCUT2D eigenvalue weighted by Crippen LogP contribution is -2.50. The number of hydrogen-bond acceptors (Lipinski definition) is 6. The number of aliphatic hydroxyl groups excluding tert-OH is 2. The van der Waals surface area contributed by atoms with Gasteiger partial charge in [-0.05, 0) is 26.3 Å². The second kappa shape index (κ2) is 6.37.